The Bertz CT molecular complexity index is 375. The molecule has 1 saturated heterocycles. The normalized spacial score (nSPS) is 19.7. The lowest BCUT2D eigenvalue weighted by atomic mass is 10.1. The number of phenolic OH excluding ortho intramolecular Hbond substituents is 1. The molecule has 2 rings (SSSR count). The Kier molecular flexibility index (Phi) is 4.84. The molecule has 1 aromatic rings. The van der Waals surface area contributed by atoms with Gasteiger partial charge in [-0.15, -0.1) is 0 Å². The minimum atomic E-state index is 0.270. The molecule has 2 N–H and O–H groups in total. The molecule has 0 saturated carbocycles. The van der Waals surface area contributed by atoms with Crippen LogP contribution in [0.2, 0.25) is 0 Å². The van der Waals surface area contributed by atoms with Gasteiger partial charge in [0.15, 0.2) is 0 Å². The van der Waals surface area contributed by atoms with Gasteiger partial charge < -0.3 is 19.9 Å². The lowest BCUT2D eigenvalue weighted by Crippen LogP contribution is -2.31. The molecule has 18 heavy (non-hydrogen) atoms. The van der Waals surface area contributed by atoms with Gasteiger partial charge in [-0.2, -0.15) is 0 Å². The number of aromatic hydroxyl groups is 1. The molecule has 1 unspecified atom stereocenters. The highest BCUT2D eigenvalue weighted by molar-refractivity contribution is 5.39. The van der Waals surface area contributed by atoms with Crippen LogP contribution in [0.5, 0.6) is 11.5 Å². The Morgan fingerprint density at radius 1 is 1.44 bits per heavy atom. The highest BCUT2D eigenvalue weighted by Gasteiger charge is 2.13. The van der Waals surface area contributed by atoms with Gasteiger partial charge in [-0.05, 0) is 25.3 Å². The monoisotopic (exact) mass is 251 g/mol. The minimum absolute atomic E-state index is 0.270. The molecule has 0 spiro atoms. The van der Waals surface area contributed by atoms with Crippen LogP contribution < -0.4 is 10.1 Å². The summed E-state index contributed by atoms with van der Waals surface area (Å²) in [5.41, 5.74) is 0.881. The molecular weight excluding hydrogens is 230 g/mol. The maximum Gasteiger partial charge on any atom is 0.123 e. The molecule has 1 heterocycles. The van der Waals surface area contributed by atoms with E-state index in [1.165, 1.54) is 12.8 Å². The zero-order chi connectivity index (χ0) is 12.8. The van der Waals surface area contributed by atoms with Gasteiger partial charge in [0.25, 0.3) is 0 Å². The molecule has 1 fully saturated rings. The van der Waals surface area contributed by atoms with Gasteiger partial charge in [0.2, 0.25) is 0 Å². The summed E-state index contributed by atoms with van der Waals surface area (Å²) in [7, 11) is 1.59. The molecule has 1 aliphatic heterocycles. The summed E-state index contributed by atoms with van der Waals surface area (Å²) in [6.07, 6.45) is 3.87. The molecule has 100 valence electrons. The molecule has 0 amide bonds. The van der Waals surface area contributed by atoms with Crippen molar-refractivity contribution in [3.63, 3.8) is 0 Å². The van der Waals surface area contributed by atoms with E-state index in [-0.39, 0.29) is 5.75 Å². The molecule has 1 aromatic carbocycles. The minimum Gasteiger partial charge on any atom is -0.507 e. The van der Waals surface area contributed by atoms with Gasteiger partial charge in [-0.3, -0.25) is 0 Å². The van der Waals surface area contributed by atoms with Crippen molar-refractivity contribution in [2.45, 2.75) is 31.9 Å². The van der Waals surface area contributed by atoms with Crippen LogP contribution in [0, 0.1) is 0 Å². The number of hydrogen-bond donors (Lipinski definition) is 2. The van der Waals surface area contributed by atoms with E-state index in [1.54, 1.807) is 13.2 Å². The first-order chi connectivity index (χ1) is 8.79. The average Bonchev–Trinajstić information content (AvgIpc) is 2.42. The van der Waals surface area contributed by atoms with Gasteiger partial charge in [-0.1, -0.05) is 6.07 Å². The summed E-state index contributed by atoms with van der Waals surface area (Å²) in [6, 6.07) is 5.37. The largest absolute Gasteiger partial charge is 0.507 e. The van der Waals surface area contributed by atoms with Crippen molar-refractivity contribution < 1.29 is 14.6 Å². The van der Waals surface area contributed by atoms with Crippen LogP contribution in [-0.2, 0) is 11.3 Å². The molecule has 1 atom stereocenters. The van der Waals surface area contributed by atoms with Crippen molar-refractivity contribution in [3.8, 4) is 11.5 Å². The summed E-state index contributed by atoms with van der Waals surface area (Å²) in [6.45, 7) is 2.36. The van der Waals surface area contributed by atoms with Crippen LogP contribution in [-0.4, -0.2) is 31.5 Å². The van der Waals surface area contributed by atoms with Crippen molar-refractivity contribution >= 4 is 0 Å². The molecule has 0 radical (unpaired) electrons. The highest BCUT2D eigenvalue weighted by Crippen LogP contribution is 2.23. The summed E-state index contributed by atoms with van der Waals surface area (Å²) in [4.78, 5) is 0. The van der Waals surface area contributed by atoms with E-state index in [1.807, 2.05) is 12.1 Å². The summed E-state index contributed by atoms with van der Waals surface area (Å²) in [5.74, 6) is 0.943. The van der Waals surface area contributed by atoms with Crippen LogP contribution in [0.25, 0.3) is 0 Å². The van der Waals surface area contributed by atoms with Crippen LogP contribution in [0.1, 0.15) is 24.8 Å². The van der Waals surface area contributed by atoms with Gasteiger partial charge in [0, 0.05) is 31.3 Å². The molecule has 0 aromatic heterocycles. The van der Waals surface area contributed by atoms with E-state index in [4.69, 9.17) is 9.47 Å². The van der Waals surface area contributed by atoms with E-state index < -0.39 is 0 Å². The van der Waals surface area contributed by atoms with Gasteiger partial charge in [-0.25, -0.2) is 0 Å². The smallest absolute Gasteiger partial charge is 0.123 e. The van der Waals surface area contributed by atoms with Gasteiger partial charge in [0.05, 0.1) is 13.2 Å². The van der Waals surface area contributed by atoms with Crippen molar-refractivity contribution in [3.05, 3.63) is 23.8 Å². The van der Waals surface area contributed by atoms with E-state index in [9.17, 15) is 5.11 Å². The third-order valence-corrected chi connectivity index (χ3v) is 3.25. The van der Waals surface area contributed by atoms with Gasteiger partial charge >= 0.3 is 0 Å². The first-order valence-corrected chi connectivity index (χ1v) is 6.48. The topological polar surface area (TPSA) is 50.7 Å². The lowest BCUT2D eigenvalue weighted by molar-refractivity contribution is 0.0167. The summed E-state index contributed by atoms with van der Waals surface area (Å²) in [5, 5.41) is 13.1. The number of ether oxygens (including phenoxy) is 2. The molecular formula is C14H21NO3. The van der Waals surface area contributed by atoms with Crippen LogP contribution in [0.15, 0.2) is 18.2 Å². The van der Waals surface area contributed by atoms with E-state index in [2.05, 4.69) is 5.32 Å². The number of hydrogen-bond acceptors (Lipinski definition) is 4. The Balaban J connectivity index is 1.79. The second-order valence-electron chi connectivity index (χ2n) is 4.61. The highest BCUT2D eigenvalue weighted by atomic mass is 16.5. The van der Waals surface area contributed by atoms with Crippen LogP contribution in [0.3, 0.4) is 0 Å². The Labute approximate surface area is 108 Å². The molecule has 0 bridgehead atoms. The number of rotatable bonds is 5. The van der Waals surface area contributed by atoms with Crippen molar-refractivity contribution in [2.24, 2.45) is 0 Å². The first kappa shape index (κ1) is 13.2. The molecule has 1 aliphatic rings. The van der Waals surface area contributed by atoms with Crippen LogP contribution in [0.4, 0.5) is 0 Å². The predicted octanol–water partition coefficient (Wildman–Crippen LogP) is 2.06. The third-order valence-electron chi connectivity index (χ3n) is 3.25. The molecule has 4 nitrogen and oxygen atoms in total. The maximum atomic E-state index is 9.81. The van der Waals surface area contributed by atoms with Gasteiger partial charge in [0.1, 0.15) is 11.5 Å². The number of phenols is 1. The average molecular weight is 251 g/mol. The Morgan fingerprint density at radius 3 is 3.00 bits per heavy atom. The standard InChI is InChI=1S/C14H21NO3/c1-17-12-6-5-11(14(16)8-12)9-15-10-13-4-2-3-7-18-13/h5-6,8,13,15-16H,2-4,7,9-10H2,1H3. The SMILES string of the molecule is COc1ccc(CNCC2CCCCO2)c(O)c1. The zero-order valence-electron chi connectivity index (χ0n) is 10.8. The second-order valence-corrected chi connectivity index (χ2v) is 4.61. The fraction of sp³-hybridized carbons (Fsp3) is 0.571. The third kappa shape index (κ3) is 3.62. The van der Waals surface area contributed by atoms with E-state index in [0.717, 1.165) is 25.1 Å². The fourth-order valence-electron chi connectivity index (χ4n) is 2.16. The fourth-order valence-corrected chi connectivity index (χ4v) is 2.16. The second kappa shape index (κ2) is 6.61. The lowest BCUT2D eigenvalue weighted by Gasteiger charge is -2.22. The van der Waals surface area contributed by atoms with E-state index in [0.29, 0.717) is 18.4 Å². The number of methoxy groups -OCH3 is 1. The zero-order valence-corrected chi connectivity index (χ0v) is 10.8. The number of nitrogens with one attached hydrogen (secondary N) is 1. The number of benzene rings is 1. The maximum absolute atomic E-state index is 9.81. The Hall–Kier alpha value is -1.26. The summed E-state index contributed by atoms with van der Waals surface area (Å²) < 4.78 is 10.7. The quantitative estimate of drug-likeness (QED) is 0.841. The van der Waals surface area contributed by atoms with Crippen molar-refractivity contribution in [2.75, 3.05) is 20.3 Å². The predicted molar refractivity (Wildman–Crippen MR) is 70.0 cm³/mol. The first-order valence-electron chi connectivity index (χ1n) is 6.48. The van der Waals surface area contributed by atoms with E-state index >= 15 is 0 Å². The summed E-state index contributed by atoms with van der Waals surface area (Å²) >= 11 is 0. The molecule has 0 aliphatic carbocycles. The van der Waals surface area contributed by atoms with Crippen molar-refractivity contribution in [1.82, 2.24) is 5.32 Å². The Morgan fingerprint density at radius 2 is 2.33 bits per heavy atom. The van der Waals surface area contributed by atoms with Crippen LogP contribution >= 0.6 is 0 Å². The molecule has 4 heteroatoms. The van der Waals surface area contributed by atoms with Crippen molar-refractivity contribution in [1.29, 1.82) is 0 Å².